The van der Waals surface area contributed by atoms with Crippen molar-refractivity contribution in [1.29, 1.82) is 0 Å². The van der Waals surface area contributed by atoms with Gasteiger partial charge in [0, 0.05) is 23.5 Å². The molecular formula is C17H18N2O2S. The Labute approximate surface area is 133 Å². The summed E-state index contributed by atoms with van der Waals surface area (Å²) in [4.78, 5) is 24.4. The van der Waals surface area contributed by atoms with Crippen LogP contribution >= 0.6 is 11.3 Å². The molecule has 2 heterocycles. The van der Waals surface area contributed by atoms with E-state index < -0.39 is 0 Å². The van der Waals surface area contributed by atoms with Crippen LogP contribution in [0.5, 0.6) is 0 Å². The summed E-state index contributed by atoms with van der Waals surface area (Å²) in [5.41, 5.74) is 3.11. The Hall–Kier alpha value is -2.14. The van der Waals surface area contributed by atoms with Gasteiger partial charge >= 0.3 is 0 Å². The van der Waals surface area contributed by atoms with Crippen molar-refractivity contribution in [2.75, 3.05) is 11.9 Å². The lowest BCUT2D eigenvalue weighted by Gasteiger charge is -2.06. The number of carbonyl (C=O) groups excluding carboxylic acids is 2. The van der Waals surface area contributed by atoms with Crippen LogP contribution in [0.25, 0.3) is 0 Å². The number of benzene rings is 1. The summed E-state index contributed by atoms with van der Waals surface area (Å²) in [5.74, 6) is 0.139. The zero-order chi connectivity index (χ0) is 15.4. The molecule has 0 atom stereocenters. The maximum absolute atomic E-state index is 11.8. The molecule has 0 radical (unpaired) electrons. The maximum Gasteiger partial charge on any atom is 0.228 e. The number of aryl methyl sites for hydroxylation is 1. The number of hydrogen-bond donors (Lipinski definition) is 2. The van der Waals surface area contributed by atoms with Crippen molar-refractivity contribution in [2.45, 2.75) is 25.7 Å². The van der Waals surface area contributed by atoms with Crippen molar-refractivity contribution >= 4 is 28.8 Å². The van der Waals surface area contributed by atoms with Crippen molar-refractivity contribution in [2.24, 2.45) is 0 Å². The van der Waals surface area contributed by atoms with Gasteiger partial charge in [-0.05, 0) is 41.5 Å². The second kappa shape index (κ2) is 6.75. The van der Waals surface area contributed by atoms with E-state index in [2.05, 4.69) is 16.7 Å². The molecule has 22 heavy (non-hydrogen) atoms. The van der Waals surface area contributed by atoms with Crippen LogP contribution in [-0.2, 0) is 28.9 Å². The minimum Gasteiger partial charge on any atom is -0.356 e. The van der Waals surface area contributed by atoms with Crippen LogP contribution in [0.2, 0.25) is 0 Å². The van der Waals surface area contributed by atoms with Crippen molar-refractivity contribution < 1.29 is 9.59 Å². The number of rotatable bonds is 6. The van der Waals surface area contributed by atoms with Gasteiger partial charge < -0.3 is 10.6 Å². The first-order valence-electron chi connectivity index (χ1n) is 7.41. The first-order chi connectivity index (χ1) is 10.7. The Morgan fingerprint density at radius 2 is 2.18 bits per heavy atom. The third-order valence-electron chi connectivity index (χ3n) is 3.71. The Morgan fingerprint density at radius 3 is 3.00 bits per heavy atom. The molecule has 1 aromatic carbocycles. The van der Waals surface area contributed by atoms with E-state index in [4.69, 9.17) is 0 Å². The zero-order valence-electron chi connectivity index (χ0n) is 12.2. The van der Waals surface area contributed by atoms with Crippen molar-refractivity contribution in [3.63, 3.8) is 0 Å². The van der Waals surface area contributed by atoms with Gasteiger partial charge in [-0.15, -0.1) is 11.3 Å². The van der Waals surface area contributed by atoms with Gasteiger partial charge in [0.2, 0.25) is 11.8 Å². The van der Waals surface area contributed by atoms with Crippen LogP contribution < -0.4 is 10.6 Å². The fourth-order valence-electron chi connectivity index (χ4n) is 2.56. The molecule has 0 spiro atoms. The smallest absolute Gasteiger partial charge is 0.228 e. The molecule has 0 unspecified atom stereocenters. The molecule has 0 saturated heterocycles. The molecule has 0 saturated carbocycles. The number of fused-ring (bicyclic) bond motifs is 1. The van der Waals surface area contributed by atoms with Crippen LogP contribution in [-0.4, -0.2) is 18.4 Å². The normalized spacial score (nSPS) is 12.8. The molecule has 0 bridgehead atoms. The van der Waals surface area contributed by atoms with Crippen molar-refractivity contribution in [3.8, 4) is 0 Å². The van der Waals surface area contributed by atoms with E-state index in [-0.39, 0.29) is 11.8 Å². The van der Waals surface area contributed by atoms with E-state index >= 15 is 0 Å². The average Bonchev–Trinajstić information content (AvgIpc) is 3.12. The number of nitrogens with one attached hydrogen (secondary N) is 2. The van der Waals surface area contributed by atoms with Gasteiger partial charge in [-0.1, -0.05) is 18.2 Å². The van der Waals surface area contributed by atoms with Crippen LogP contribution in [0.4, 0.5) is 5.69 Å². The summed E-state index contributed by atoms with van der Waals surface area (Å²) < 4.78 is 0. The molecule has 5 heteroatoms. The van der Waals surface area contributed by atoms with Crippen LogP contribution in [0.1, 0.15) is 22.4 Å². The van der Waals surface area contributed by atoms with E-state index in [1.54, 1.807) is 11.3 Å². The predicted octanol–water partition coefficient (Wildman–Crippen LogP) is 2.53. The molecule has 1 aromatic heterocycles. The molecular weight excluding hydrogens is 296 g/mol. The summed E-state index contributed by atoms with van der Waals surface area (Å²) in [5, 5.41) is 7.80. The standard InChI is InChI=1S/C17H18N2O2S/c20-16(6-4-14-2-1-9-22-14)18-8-7-12-3-5-15-13(10-12)11-17(21)19-15/h1-3,5,9-10H,4,6-8,11H2,(H,18,20)(H,19,21). The number of anilines is 1. The molecule has 1 aliphatic heterocycles. The average molecular weight is 314 g/mol. The molecule has 2 N–H and O–H groups in total. The third kappa shape index (κ3) is 3.74. The molecule has 4 nitrogen and oxygen atoms in total. The summed E-state index contributed by atoms with van der Waals surface area (Å²) in [6.07, 6.45) is 2.57. The molecule has 1 aliphatic rings. The summed E-state index contributed by atoms with van der Waals surface area (Å²) >= 11 is 1.68. The third-order valence-corrected chi connectivity index (χ3v) is 4.65. The minimum atomic E-state index is 0.0500. The van der Waals surface area contributed by atoms with Crippen molar-refractivity contribution in [1.82, 2.24) is 5.32 Å². The van der Waals surface area contributed by atoms with Gasteiger partial charge in [0.15, 0.2) is 0 Å². The Kier molecular flexibility index (Phi) is 4.53. The van der Waals surface area contributed by atoms with Gasteiger partial charge in [-0.2, -0.15) is 0 Å². The Balaban J connectivity index is 1.42. The minimum absolute atomic E-state index is 0.0500. The highest BCUT2D eigenvalue weighted by Crippen LogP contribution is 2.23. The van der Waals surface area contributed by atoms with E-state index in [0.29, 0.717) is 19.4 Å². The largest absolute Gasteiger partial charge is 0.356 e. The monoisotopic (exact) mass is 314 g/mol. The maximum atomic E-state index is 11.8. The second-order valence-corrected chi connectivity index (χ2v) is 6.43. The first kappa shape index (κ1) is 14.8. The van der Waals surface area contributed by atoms with Crippen LogP contribution in [0.3, 0.4) is 0 Å². The lowest BCUT2D eigenvalue weighted by Crippen LogP contribution is -2.25. The molecule has 2 amide bonds. The number of amides is 2. The first-order valence-corrected chi connectivity index (χ1v) is 8.29. The quantitative estimate of drug-likeness (QED) is 0.861. The highest BCUT2D eigenvalue weighted by atomic mass is 32.1. The zero-order valence-corrected chi connectivity index (χ0v) is 13.0. The van der Waals surface area contributed by atoms with E-state index in [1.807, 2.05) is 29.6 Å². The fraction of sp³-hybridized carbons (Fsp3) is 0.294. The van der Waals surface area contributed by atoms with Gasteiger partial charge in [0.05, 0.1) is 6.42 Å². The van der Waals surface area contributed by atoms with E-state index in [0.717, 1.165) is 29.7 Å². The summed E-state index contributed by atoms with van der Waals surface area (Å²) in [6, 6.07) is 10.0. The summed E-state index contributed by atoms with van der Waals surface area (Å²) in [6.45, 7) is 0.628. The van der Waals surface area contributed by atoms with Crippen LogP contribution in [0, 0.1) is 0 Å². The number of carbonyl (C=O) groups is 2. The van der Waals surface area contributed by atoms with Gasteiger partial charge in [0.25, 0.3) is 0 Å². The number of hydrogen-bond acceptors (Lipinski definition) is 3. The molecule has 2 aromatic rings. The van der Waals surface area contributed by atoms with E-state index in [9.17, 15) is 9.59 Å². The van der Waals surface area contributed by atoms with Gasteiger partial charge in [-0.3, -0.25) is 9.59 Å². The Bertz CT molecular complexity index is 680. The lowest BCUT2D eigenvalue weighted by atomic mass is 10.1. The van der Waals surface area contributed by atoms with Crippen molar-refractivity contribution in [3.05, 3.63) is 51.7 Å². The molecule has 0 aliphatic carbocycles. The van der Waals surface area contributed by atoms with Gasteiger partial charge in [0.1, 0.15) is 0 Å². The van der Waals surface area contributed by atoms with E-state index in [1.165, 1.54) is 4.88 Å². The highest BCUT2D eigenvalue weighted by molar-refractivity contribution is 7.09. The topological polar surface area (TPSA) is 58.2 Å². The molecule has 0 fully saturated rings. The predicted molar refractivity (Wildman–Crippen MR) is 88.1 cm³/mol. The highest BCUT2D eigenvalue weighted by Gasteiger charge is 2.17. The van der Waals surface area contributed by atoms with Crippen LogP contribution in [0.15, 0.2) is 35.7 Å². The summed E-state index contributed by atoms with van der Waals surface area (Å²) in [7, 11) is 0. The fourth-order valence-corrected chi connectivity index (χ4v) is 3.27. The van der Waals surface area contributed by atoms with Gasteiger partial charge in [-0.25, -0.2) is 0 Å². The second-order valence-electron chi connectivity index (χ2n) is 5.40. The SMILES string of the molecule is O=C(CCc1cccs1)NCCc1ccc2c(c1)CC(=O)N2. The molecule has 114 valence electrons. The Morgan fingerprint density at radius 1 is 1.27 bits per heavy atom. The number of thiophene rings is 1. The molecule has 3 rings (SSSR count). The lowest BCUT2D eigenvalue weighted by molar-refractivity contribution is -0.121.